The van der Waals surface area contributed by atoms with Crippen molar-refractivity contribution in [3.05, 3.63) is 48.5 Å². The van der Waals surface area contributed by atoms with Crippen LogP contribution in [0.3, 0.4) is 0 Å². The molecule has 4 nitrogen and oxygen atoms in total. The Morgan fingerprint density at radius 2 is 1.88 bits per heavy atom. The van der Waals surface area contributed by atoms with Crippen LogP contribution in [0.4, 0.5) is 18.9 Å². The van der Waals surface area contributed by atoms with E-state index in [-0.39, 0.29) is 12.2 Å². The molecule has 3 rings (SSSR count). The molecule has 0 aliphatic rings. The Balaban J connectivity index is 2.01. The van der Waals surface area contributed by atoms with Crippen LogP contribution < -0.4 is 4.90 Å². The summed E-state index contributed by atoms with van der Waals surface area (Å²) in [5.41, 5.74) is 1.70. The number of halogens is 3. The van der Waals surface area contributed by atoms with E-state index in [0.29, 0.717) is 21.9 Å². The lowest BCUT2D eigenvalue weighted by atomic mass is 10.2. The number of rotatable bonds is 3. The molecule has 0 spiro atoms. The second kappa shape index (κ2) is 5.99. The maximum atomic E-state index is 12.7. The summed E-state index contributed by atoms with van der Waals surface area (Å²) in [7, 11) is 0. The first-order chi connectivity index (χ1) is 11.4. The van der Waals surface area contributed by atoms with E-state index in [1.165, 1.54) is 25.1 Å². The molecule has 0 radical (unpaired) electrons. The lowest BCUT2D eigenvalue weighted by Gasteiger charge is -2.21. The number of fused-ring (bicyclic) bond motifs is 1. The molecule has 1 aromatic heterocycles. The lowest BCUT2D eigenvalue weighted by molar-refractivity contribution is -0.170. The monoisotopic (exact) mass is 334 g/mol. The molecule has 3 aromatic rings. The van der Waals surface area contributed by atoms with Gasteiger partial charge in [-0.05, 0) is 31.2 Å². The van der Waals surface area contributed by atoms with Crippen molar-refractivity contribution in [2.75, 3.05) is 11.4 Å². The van der Waals surface area contributed by atoms with Gasteiger partial charge in [-0.1, -0.05) is 18.2 Å². The summed E-state index contributed by atoms with van der Waals surface area (Å²) in [6, 6.07) is 13.5. The highest BCUT2D eigenvalue weighted by atomic mass is 19.4. The summed E-state index contributed by atoms with van der Waals surface area (Å²) < 4.78 is 43.7. The molecule has 0 fully saturated rings. The van der Waals surface area contributed by atoms with Gasteiger partial charge in [-0.2, -0.15) is 13.2 Å². The number of aromatic nitrogens is 1. The van der Waals surface area contributed by atoms with Crippen molar-refractivity contribution >= 4 is 22.7 Å². The third kappa shape index (κ3) is 2.97. The molecule has 1 amide bonds. The van der Waals surface area contributed by atoms with Crippen molar-refractivity contribution in [3.8, 4) is 11.5 Å². The summed E-state index contributed by atoms with van der Waals surface area (Å²) in [4.78, 5) is 16.5. The largest absolute Gasteiger partial charge is 0.471 e. The minimum Gasteiger partial charge on any atom is -0.436 e. The molecule has 2 aromatic carbocycles. The fourth-order valence-electron chi connectivity index (χ4n) is 2.38. The Morgan fingerprint density at radius 3 is 2.50 bits per heavy atom. The normalized spacial score (nSPS) is 11.7. The van der Waals surface area contributed by atoms with E-state index in [1.54, 1.807) is 0 Å². The molecule has 124 valence electrons. The molecule has 1 heterocycles. The van der Waals surface area contributed by atoms with Gasteiger partial charge in [-0.3, -0.25) is 4.79 Å². The molecule has 0 saturated carbocycles. The van der Waals surface area contributed by atoms with E-state index in [9.17, 15) is 18.0 Å². The minimum atomic E-state index is -4.93. The first-order valence-electron chi connectivity index (χ1n) is 7.25. The van der Waals surface area contributed by atoms with Crippen LogP contribution in [0.1, 0.15) is 6.92 Å². The number of anilines is 1. The number of carbonyl (C=O) groups is 1. The second-order valence-corrected chi connectivity index (χ2v) is 5.08. The number of carbonyl (C=O) groups excluding carboxylic acids is 1. The first-order valence-corrected chi connectivity index (χ1v) is 7.25. The van der Waals surface area contributed by atoms with Crippen molar-refractivity contribution in [2.45, 2.75) is 13.1 Å². The van der Waals surface area contributed by atoms with E-state index >= 15 is 0 Å². The molecule has 0 aliphatic carbocycles. The Hall–Kier alpha value is -2.83. The maximum absolute atomic E-state index is 12.7. The number of hydrogen-bond acceptors (Lipinski definition) is 3. The maximum Gasteiger partial charge on any atom is 0.471 e. The van der Waals surface area contributed by atoms with E-state index in [2.05, 4.69) is 4.98 Å². The minimum absolute atomic E-state index is 0.108. The van der Waals surface area contributed by atoms with Crippen molar-refractivity contribution in [1.29, 1.82) is 0 Å². The summed E-state index contributed by atoms with van der Waals surface area (Å²) in [5, 5.41) is 0. The molecule has 0 aliphatic heterocycles. The van der Waals surface area contributed by atoms with Gasteiger partial charge >= 0.3 is 12.1 Å². The van der Waals surface area contributed by atoms with Crippen LogP contribution in [0, 0.1) is 0 Å². The van der Waals surface area contributed by atoms with Gasteiger partial charge in [-0.25, -0.2) is 4.98 Å². The Bertz CT molecular complexity index is 872. The van der Waals surface area contributed by atoms with Crippen molar-refractivity contribution in [3.63, 3.8) is 0 Å². The third-order valence-corrected chi connectivity index (χ3v) is 3.51. The SMILES string of the molecule is CCN(C(=O)C(F)(F)F)c1ccc2nc(-c3ccccc3)oc2c1. The molecule has 0 unspecified atom stereocenters. The van der Waals surface area contributed by atoms with Crippen LogP contribution in [0.15, 0.2) is 52.9 Å². The molecular formula is C17H13F3N2O2. The third-order valence-electron chi connectivity index (χ3n) is 3.51. The quantitative estimate of drug-likeness (QED) is 0.713. The van der Waals surface area contributed by atoms with Gasteiger partial charge in [0, 0.05) is 23.9 Å². The molecule has 0 saturated heterocycles. The number of oxazole rings is 1. The molecule has 24 heavy (non-hydrogen) atoms. The molecule has 0 bridgehead atoms. The van der Waals surface area contributed by atoms with Crippen LogP contribution in [0.25, 0.3) is 22.6 Å². The summed E-state index contributed by atoms with van der Waals surface area (Å²) in [6.07, 6.45) is -4.93. The van der Waals surface area contributed by atoms with E-state index in [1.807, 2.05) is 30.3 Å². The van der Waals surface area contributed by atoms with Crippen LogP contribution in [-0.2, 0) is 4.79 Å². The molecule has 0 atom stereocenters. The second-order valence-electron chi connectivity index (χ2n) is 5.08. The van der Waals surface area contributed by atoms with Gasteiger partial charge in [-0.15, -0.1) is 0 Å². The van der Waals surface area contributed by atoms with Gasteiger partial charge in [0.2, 0.25) is 5.89 Å². The molecular weight excluding hydrogens is 321 g/mol. The average molecular weight is 334 g/mol. The van der Waals surface area contributed by atoms with Gasteiger partial charge < -0.3 is 9.32 Å². The van der Waals surface area contributed by atoms with Crippen LogP contribution in [0.2, 0.25) is 0 Å². The van der Waals surface area contributed by atoms with Crippen molar-refractivity contribution < 1.29 is 22.4 Å². The average Bonchev–Trinajstić information content (AvgIpc) is 2.99. The van der Waals surface area contributed by atoms with Gasteiger partial charge in [0.25, 0.3) is 0 Å². The summed E-state index contributed by atoms with van der Waals surface area (Å²) >= 11 is 0. The van der Waals surface area contributed by atoms with Gasteiger partial charge in [0.1, 0.15) is 5.52 Å². The molecule has 0 N–H and O–H groups in total. The first kappa shape index (κ1) is 16.0. The van der Waals surface area contributed by atoms with Crippen molar-refractivity contribution in [2.24, 2.45) is 0 Å². The molecule has 7 heteroatoms. The number of amides is 1. The van der Waals surface area contributed by atoms with Crippen LogP contribution in [-0.4, -0.2) is 23.6 Å². The Morgan fingerprint density at radius 1 is 1.17 bits per heavy atom. The van der Waals surface area contributed by atoms with Crippen molar-refractivity contribution in [1.82, 2.24) is 4.98 Å². The number of nitrogens with zero attached hydrogens (tertiary/aromatic N) is 2. The predicted molar refractivity (Wildman–Crippen MR) is 83.5 cm³/mol. The highest BCUT2D eigenvalue weighted by Gasteiger charge is 2.42. The van der Waals surface area contributed by atoms with Gasteiger partial charge in [0.05, 0.1) is 0 Å². The van der Waals surface area contributed by atoms with Crippen LogP contribution >= 0.6 is 0 Å². The number of hydrogen-bond donors (Lipinski definition) is 0. The zero-order valence-corrected chi connectivity index (χ0v) is 12.7. The fraction of sp³-hybridized carbons (Fsp3) is 0.176. The fourth-order valence-corrected chi connectivity index (χ4v) is 2.38. The Labute approximate surface area is 135 Å². The summed E-state index contributed by atoms with van der Waals surface area (Å²) in [5.74, 6) is -1.54. The smallest absolute Gasteiger partial charge is 0.436 e. The number of benzene rings is 2. The van der Waals surface area contributed by atoms with E-state index in [4.69, 9.17) is 4.42 Å². The van der Waals surface area contributed by atoms with Gasteiger partial charge in [0.15, 0.2) is 5.58 Å². The predicted octanol–water partition coefficient (Wildman–Crippen LogP) is 4.41. The van der Waals surface area contributed by atoms with E-state index < -0.39 is 12.1 Å². The lowest BCUT2D eigenvalue weighted by Crippen LogP contribution is -2.41. The zero-order valence-electron chi connectivity index (χ0n) is 12.7. The highest BCUT2D eigenvalue weighted by molar-refractivity contribution is 5.98. The van der Waals surface area contributed by atoms with Crippen LogP contribution in [0.5, 0.6) is 0 Å². The topological polar surface area (TPSA) is 46.3 Å². The van der Waals surface area contributed by atoms with E-state index in [0.717, 1.165) is 5.56 Å². The standard InChI is InChI=1S/C17H13F3N2O2/c1-2-22(16(23)17(18,19)20)12-8-9-13-14(10-12)24-15(21-13)11-6-4-3-5-7-11/h3-10H,2H2,1H3. The Kier molecular flexibility index (Phi) is 4.01. The number of alkyl halides is 3. The zero-order chi connectivity index (χ0) is 17.3. The highest BCUT2D eigenvalue weighted by Crippen LogP contribution is 2.29. The summed E-state index contributed by atoms with van der Waals surface area (Å²) in [6.45, 7) is 1.37.